The van der Waals surface area contributed by atoms with E-state index in [1.165, 1.54) is 250 Å². The number of carbonyl (C=O) groups excluding carboxylic acids is 4. The lowest BCUT2D eigenvalue weighted by molar-refractivity contribution is -0.161. The Morgan fingerprint density at radius 1 is 0.282 bits per heavy atom. The van der Waals surface area contributed by atoms with Crippen molar-refractivity contribution in [3.63, 3.8) is 0 Å². The Balaban J connectivity index is 5.24. The van der Waals surface area contributed by atoms with E-state index in [1.807, 2.05) is 0 Å². The van der Waals surface area contributed by atoms with Gasteiger partial charge in [-0.25, -0.2) is 9.13 Å². The summed E-state index contributed by atoms with van der Waals surface area (Å²) in [6, 6.07) is 0. The minimum Gasteiger partial charge on any atom is -0.462 e. The van der Waals surface area contributed by atoms with Gasteiger partial charge in [-0.15, -0.1) is 0 Å². The molecule has 3 N–H and O–H groups in total. The van der Waals surface area contributed by atoms with Gasteiger partial charge in [0, 0.05) is 25.7 Å². The Bertz CT molecular complexity index is 2000. The number of rotatable bonds is 82. The van der Waals surface area contributed by atoms with E-state index in [0.717, 1.165) is 108 Å². The van der Waals surface area contributed by atoms with Crippen LogP contribution >= 0.6 is 15.6 Å². The van der Waals surface area contributed by atoms with Crippen LogP contribution in [0.15, 0.2) is 0 Å². The molecule has 0 aromatic rings. The number of hydrogen-bond donors (Lipinski definition) is 3. The molecule has 4 unspecified atom stereocenters. The summed E-state index contributed by atoms with van der Waals surface area (Å²) >= 11 is 0. The van der Waals surface area contributed by atoms with Crippen molar-refractivity contribution < 1.29 is 80.2 Å². The first-order valence-electron chi connectivity index (χ1n) is 43.4. The van der Waals surface area contributed by atoms with E-state index in [0.29, 0.717) is 25.7 Å². The Kier molecular flexibility index (Phi) is 72.8. The number of ether oxygens (including phenoxy) is 4. The summed E-state index contributed by atoms with van der Waals surface area (Å²) in [5.41, 5.74) is 0. The summed E-state index contributed by atoms with van der Waals surface area (Å²) in [6.07, 6.45) is 63.8. The Morgan fingerprint density at radius 2 is 0.495 bits per heavy atom. The maximum absolute atomic E-state index is 13.1. The minimum atomic E-state index is -4.96. The van der Waals surface area contributed by atoms with Crippen molar-refractivity contribution in [1.29, 1.82) is 0 Å². The molecule has 0 heterocycles. The molecule has 0 rings (SSSR count). The van der Waals surface area contributed by atoms with Gasteiger partial charge in [-0.05, 0) is 43.4 Å². The van der Waals surface area contributed by atoms with Gasteiger partial charge < -0.3 is 33.8 Å². The molecule has 0 aromatic carbocycles. The van der Waals surface area contributed by atoms with Crippen LogP contribution in [0.1, 0.15) is 440 Å². The van der Waals surface area contributed by atoms with Gasteiger partial charge in [0.25, 0.3) is 0 Å². The molecule has 0 fully saturated rings. The molecule has 0 aliphatic heterocycles. The average Bonchev–Trinajstić information content (AvgIpc) is 0.921. The Hall–Kier alpha value is -1.94. The van der Waals surface area contributed by atoms with Crippen molar-refractivity contribution in [2.75, 3.05) is 39.6 Å². The van der Waals surface area contributed by atoms with Crippen LogP contribution in [0, 0.1) is 17.8 Å². The van der Waals surface area contributed by atoms with Gasteiger partial charge in [0.2, 0.25) is 0 Å². The lowest BCUT2D eigenvalue weighted by Crippen LogP contribution is -2.30. The maximum Gasteiger partial charge on any atom is 0.472 e. The number of unbranched alkanes of at least 4 members (excludes halogenated alkanes) is 48. The minimum absolute atomic E-state index is 0.106. The maximum atomic E-state index is 13.1. The first-order valence-corrected chi connectivity index (χ1v) is 46.4. The predicted molar refractivity (Wildman–Crippen MR) is 423 cm³/mol. The zero-order valence-electron chi connectivity index (χ0n) is 67.8. The molecule has 7 atom stereocenters. The average molecular weight is 1510 g/mol. The van der Waals surface area contributed by atoms with E-state index < -0.39 is 97.5 Å². The number of phosphoric acid groups is 2. The SMILES string of the molecule is CCCCCCCCCCCCCCCCCCCCCCCCC(=O)O[C@H](COC(=O)CCCCCCCCCCCCC(C)CC)COP(=O)(O)OC[C@@H](O)COP(=O)(O)OC[C@@H](COC(=O)CCCCCCCCCCCCC(C)C)OC(=O)CCCCCCCCCCCCC(C)CC. The van der Waals surface area contributed by atoms with Crippen LogP contribution in [0.5, 0.6) is 0 Å². The molecule has 0 bridgehead atoms. The molecule has 19 heteroatoms. The Morgan fingerprint density at radius 3 is 0.738 bits per heavy atom. The Labute approximate surface area is 632 Å². The van der Waals surface area contributed by atoms with Gasteiger partial charge in [-0.3, -0.25) is 37.3 Å². The lowest BCUT2D eigenvalue weighted by atomic mass is 9.99. The summed E-state index contributed by atoms with van der Waals surface area (Å²) in [4.78, 5) is 73.2. The molecule has 0 aliphatic carbocycles. The van der Waals surface area contributed by atoms with Crippen LogP contribution in [0.4, 0.5) is 0 Å². The van der Waals surface area contributed by atoms with Gasteiger partial charge in [-0.1, -0.05) is 389 Å². The van der Waals surface area contributed by atoms with Gasteiger partial charge >= 0.3 is 39.5 Å². The van der Waals surface area contributed by atoms with Crippen LogP contribution in [0.2, 0.25) is 0 Å². The van der Waals surface area contributed by atoms with E-state index >= 15 is 0 Å². The van der Waals surface area contributed by atoms with E-state index in [4.69, 9.17) is 37.0 Å². The number of aliphatic hydroxyl groups is 1. The smallest absolute Gasteiger partial charge is 0.462 e. The van der Waals surface area contributed by atoms with Crippen molar-refractivity contribution in [3.05, 3.63) is 0 Å². The second-order valence-corrected chi connectivity index (χ2v) is 34.1. The number of carbonyl (C=O) groups is 4. The zero-order valence-corrected chi connectivity index (χ0v) is 69.6. The second kappa shape index (κ2) is 74.2. The largest absolute Gasteiger partial charge is 0.472 e. The monoisotopic (exact) mass is 1510 g/mol. The zero-order chi connectivity index (χ0) is 75.8. The van der Waals surface area contributed by atoms with Crippen molar-refractivity contribution in [1.82, 2.24) is 0 Å². The normalized spacial score (nSPS) is 14.4. The highest BCUT2D eigenvalue weighted by Crippen LogP contribution is 2.45. The third kappa shape index (κ3) is 75.3. The molecule has 17 nitrogen and oxygen atoms in total. The predicted octanol–water partition coefficient (Wildman–Crippen LogP) is 25.3. The number of aliphatic hydroxyl groups excluding tert-OH is 1. The first-order chi connectivity index (χ1) is 49.8. The fourth-order valence-electron chi connectivity index (χ4n) is 13.0. The second-order valence-electron chi connectivity index (χ2n) is 31.2. The van der Waals surface area contributed by atoms with Crippen LogP contribution in [0.25, 0.3) is 0 Å². The van der Waals surface area contributed by atoms with Crippen LogP contribution in [-0.2, 0) is 65.4 Å². The highest BCUT2D eigenvalue weighted by Gasteiger charge is 2.30. The number of esters is 4. The topological polar surface area (TPSA) is 237 Å². The molecule has 0 aromatic heterocycles. The highest BCUT2D eigenvalue weighted by molar-refractivity contribution is 7.47. The quantitative estimate of drug-likeness (QED) is 0.0222. The van der Waals surface area contributed by atoms with Gasteiger partial charge in [0.15, 0.2) is 12.2 Å². The van der Waals surface area contributed by atoms with E-state index in [-0.39, 0.29) is 25.7 Å². The molecule has 0 aliphatic rings. The molecular formula is C84H164O17P2. The number of hydrogen-bond acceptors (Lipinski definition) is 15. The fraction of sp³-hybridized carbons (Fsp3) is 0.952. The van der Waals surface area contributed by atoms with Gasteiger partial charge in [-0.2, -0.15) is 0 Å². The standard InChI is InChI=1S/C84H164O17P2/c1-8-11-12-13-14-15-16-17-18-19-20-21-22-23-24-25-26-27-39-46-53-60-67-83(88)100-79(71-95-82(87)66-59-52-45-38-32-29-35-42-49-56-63-76(6)9-2)73-98-102(90,91)96-69-78(85)70-97-103(92,93)99-74-80(72-94-81(86)65-58-51-44-37-31-28-34-41-48-55-62-75(4)5)101-84(89)68-61-54-47-40-33-30-36-43-50-57-64-77(7)10-3/h75-80,85H,8-74H2,1-7H3,(H,90,91)(H,92,93)/t76?,77?,78-,79-,80-/m1/s1. The van der Waals surface area contributed by atoms with Crippen molar-refractivity contribution in [3.8, 4) is 0 Å². The summed E-state index contributed by atoms with van der Waals surface area (Å²) in [5, 5.41) is 10.7. The molecule has 103 heavy (non-hydrogen) atoms. The summed E-state index contributed by atoms with van der Waals surface area (Å²) in [6.45, 7) is 12.0. The summed E-state index contributed by atoms with van der Waals surface area (Å²) in [5.74, 6) is 0.262. The highest BCUT2D eigenvalue weighted by atomic mass is 31.2. The van der Waals surface area contributed by atoms with E-state index in [9.17, 15) is 43.2 Å². The molecule has 0 spiro atoms. The summed E-state index contributed by atoms with van der Waals surface area (Å²) in [7, 11) is -9.93. The van der Waals surface area contributed by atoms with Crippen molar-refractivity contribution in [2.45, 2.75) is 458 Å². The van der Waals surface area contributed by atoms with Crippen LogP contribution < -0.4 is 0 Å². The van der Waals surface area contributed by atoms with E-state index in [2.05, 4.69) is 48.5 Å². The van der Waals surface area contributed by atoms with Crippen LogP contribution in [0.3, 0.4) is 0 Å². The molecular weight excluding hydrogens is 1340 g/mol. The third-order valence-electron chi connectivity index (χ3n) is 20.4. The van der Waals surface area contributed by atoms with Gasteiger partial charge in [0.1, 0.15) is 19.3 Å². The third-order valence-corrected chi connectivity index (χ3v) is 22.3. The molecule has 0 radical (unpaired) electrons. The molecule has 612 valence electrons. The molecule has 0 amide bonds. The van der Waals surface area contributed by atoms with E-state index in [1.54, 1.807) is 0 Å². The van der Waals surface area contributed by atoms with Crippen molar-refractivity contribution >= 4 is 39.5 Å². The summed E-state index contributed by atoms with van der Waals surface area (Å²) < 4.78 is 68.8. The number of phosphoric ester groups is 2. The lowest BCUT2D eigenvalue weighted by Gasteiger charge is -2.21. The fourth-order valence-corrected chi connectivity index (χ4v) is 14.5. The molecule has 0 saturated carbocycles. The van der Waals surface area contributed by atoms with Gasteiger partial charge in [0.05, 0.1) is 26.4 Å². The first kappa shape index (κ1) is 101. The van der Waals surface area contributed by atoms with Crippen molar-refractivity contribution in [2.24, 2.45) is 17.8 Å². The van der Waals surface area contributed by atoms with Crippen LogP contribution in [-0.4, -0.2) is 96.7 Å². The molecule has 0 saturated heterocycles.